The third-order valence-electron chi connectivity index (χ3n) is 2.79. The van der Waals surface area contributed by atoms with E-state index < -0.39 is 0 Å². The largest absolute Gasteiger partial charge is 0.372 e. The molecular weight excluding hydrogens is 259 g/mol. The fourth-order valence-electron chi connectivity index (χ4n) is 2.01. The van der Waals surface area contributed by atoms with E-state index in [9.17, 15) is 4.79 Å². The number of amides is 1. The van der Waals surface area contributed by atoms with Gasteiger partial charge in [0.1, 0.15) is 6.04 Å². The van der Waals surface area contributed by atoms with Crippen LogP contribution in [0.2, 0.25) is 10.0 Å². The van der Waals surface area contributed by atoms with Crippen LogP contribution in [0.1, 0.15) is 20.8 Å². The molecule has 3 nitrogen and oxygen atoms in total. The van der Waals surface area contributed by atoms with Gasteiger partial charge in [0, 0.05) is 6.04 Å². The Morgan fingerprint density at radius 3 is 2.47 bits per heavy atom. The molecule has 5 heteroatoms. The number of anilines is 2. The standard InChI is InChI=1S/C12H14Cl2N2O/c1-6(2)16-11-5-9(14)8(13)4-10(11)15-7(3)12(16)17/h4-7,15H,1-3H3. The van der Waals surface area contributed by atoms with Crippen molar-refractivity contribution in [1.82, 2.24) is 0 Å². The average Bonchev–Trinajstić information content (AvgIpc) is 2.23. The van der Waals surface area contributed by atoms with Gasteiger partial charge in [-0.3, -0.25) is 4.79 Å². The van der Waals surface area contributed by atoms with E-state index >= 15 is 0 Å². The maximum atomic E-state index is 12.1. The van der Waals surface area contributed by atoms with Crippen molar-refractivity contribution in [2.75, 3.05) is 10.2 Å². The first-order chi connectivity index (χ1) is 7.91. The molecule has 0 spiro atoms. The molecule has 1 atom stereocenters. The molecule has 1 unspecified atom stereocenters. The molecule has 92 valence electrons. The normalized spacial score (nSPS) is 19.3. The zero-order valence-electron chi connectivity index (χ0n) is 9.92. The zero-order chi connectivity index (χ0) is 12.7. The maximum absolute atomic E-state index is 12.1. The van der Waals surface area contributed by atoms with E-state index in [2.05, 4.69) is 5.32 Å². The maximum Gasteiger partial charge on any atom is 0.249 e. The quantitative estimate of drug-likeness (QED) is 0.848. The van der Waals surface area contributed by atoms with Crippen molar-refractivity contribution in [1.29, 1.82) is 0 Å². The second-order valence-corrected chi connectivity index (χ2v) is 5.27. The molecule has 1 N–H and O–H groups in total. The van der Waals surface area contributed by atoms with Crippen molar-refractivity contribution in [2.45, 2.75) is 32.9 Å². The zero-order valence-corrected chi connectivity index (χ0v) is 11.4. The molecule has 1 aromatic carbocycles. The highest BCUT2D eigenvalue weighted by molar-refractivity contribution is 6.42. The van der Waals surface area contributed by atoms with E-state index in [0.29, 0.717) is 10.0 Å². The van der Waals surface area contributed by atoms with Crippen LogP contribution in [0, 0.1) is 0 Å². The molecule has 1 amide bonds. The van der Waals surface area contributed by atoms with Gasteiger partial charge in [-0.1, -0.05) is 23.2 Å². The van der Waals surface area contributed by atoms with E-state index in [1.165, 1.54) is 0 Å². The van der Waals surface area contributed by atoms with Gasteiger partial charge in [-0.2, -0.15) is 0 Å². The molecule has 2 rings (SSSR count). The van der Waals surface area contributed by atoms with Gasteiger partial charge in [0.25, 0.3) is 0 Å². The molecule has 0 saturated heterocycles. The summed E-state index contributed by atoms with van der Waals surface area (Å²) in [6, 6.07) is 3.33. The van der Waals surface area contributed by atoms with E-state index in [-0.39, 0.29) is 18.0 Å². The molecule has 0 bridgehead atoms. The van der Waals surface area contributed by atoms with Gasteiger partial charge in [0.05, 0.1) is 21.4 Å². The number of fused-ring (bicyclic) bond motifs is 1. The predicted molar refractivity (Wildman–Crippen MR) is 72.2 cm³/mol. The Morgan fingerprint density at radius 1 is 1.29 bits per heavy atom. The predicted octanol–water partition coefficient (Wildman–Crippen LogP) is 3.55. The molecule has 1 aromatic rings. The fourth-order valence-corrected chi connectivity index (χ4v) is 2.33. The van der Waals surface area contributed by atoms with Crippen LogP contribution in [-0.2, 0) is 4.79 Å². The van der Waals surface area contributed by atoms with Crippen LogP contribution < -0.4 is 10.2 Å². The summed E-state index contributed by atoms with van der Waals surface area (Å²) in [7, 11) is 0. The Balaban J connectivity index is 2.58. The summed E-state index contributed by atoms with van der Waals surface area (Å²) in [6.45, 7) is 5.79. The van der Waals surface area contributed by atoms with Crippen LogP contribution in [0.3, 0.4) is 0 Å². The molecule has 0 aliphatic carbocycles. The Kier molecular flexibility index (Phi) is 3.23. The summed E-state index contributed by atoms with van der Waals surface area (Å²) < 4.78 is 0. The van der Waals surface area contributed by atoms with Gasteiger partial charge in [-0.05, 0) is 32.9 Å². The first-order valence-corrected chi connectivity index (χ1v) is 6.26. The van der Waals surface area contributed by atoms with Gasteiger partial charge in [-0.25, -0.2) is 0 Å². The number of halogens is 2. The number of nitrogens with one attached hydrogen (secondary N) is 1. The number of hydrogen-bond acceptors (Lipinski definition) is 2. The highest BCUT2D eigenvalue weighted by Crippen LogP contribution is 2.38. The topological polar surface area (TPSA) is 32.3 Å². The first-order valence-electron chi connectivity index (χ1n) is 5.50. The van der Waals surface area contributed by atoms with Gasteiger partial charge in [0.2, 0.25) is 5.91 Å². The Hall–Kier alpha value is -0.930. The molecular formula is C12H14Cl2N2O. The van der Waals surface area contributed by atoms with Crippen LogP contribution in [0.4, 0.5) is 11.4 Å². The molecule has 0 aromatic heterocycles. The van der Waals surface area contributed by atoms with E-state index in [4.69, 9.17) is 23.2 Å². The summed E-state index contributed by atoms with van der Waals surface area (Å²) in [6.07, 6.45) is 0. The Labute approximate surface area is 111 Å². The van der Waals surface area contributed by atoms with E-state index in [0.717, 1.165) is 11.4 Å². The number of carbonyl (C=O) groups excluding carboxylic acids is 1. The number of nitrogens with zero attached hydrogens (tertiary/aromatic N) is 1. The number of carbonyl (C=O) groups is 1. The molecule has 1 aliphatic heterocycles. The van der Waals surface area contributed by atoms with Crippen LogP contribution in [-0.4, -0.2) is 18.0 Å². The lowest BCUT2D eigenvalue weighted by molar-refractivity contribution is -0.119. The lowest BCUT2D eigenvalue weighted by Crippen LogP contribution is -2.48. The molecule has 1 aliphatic rings. The van der Waals surface area contributed by atoms with Crippen LogP contribution in [0.25, 0.3) is 0 Å². The third kappa shape index (κ3) is 2.09. The van der Waals surface area contributed by atoms with Crippen molar-refractivity contribution in [3.05, 3.63) is 22.2 Å². The molecule has 1 heterocycles. The van der Waals surface area contributed by atoms with Crippen molar-refractivity contribution in [2.24, 2.45) is 0 Å². The Bertz CT molecular complexity index is 474. The number of rotatable bonds is 1. The van der Waals surface area contributed by atoms with Crippen LogP contribution in [0.15, 0.2) is 12.1 Å². The van der Waals surface area contributed by atoms with E-state index in [1.807, 2.05) is 20.8 Å². The summed E-state index contributed by atoms with van der Waals surface area (Å²) in [5, 5.41) is 4.08. The minimum absolute atomic E-state index is 0.0471. The van der Waals surface area contributed by atoms with Crippen LogP contribution >= 0.6 is 23.2 Å². The highest BCUT2D eigenvalue weighted by Gasteiger charge is 2.31. The van der Waals surface area contributed by atoms with Crippen molar-refractivity contribution in [3.8, 4) is 0 Å². The number of hydrogen-bond donors (Lipinski definition) is 1. The van der Waals surface area contributed by atoms with Crippen LogP contribution in [0.5, 0.6) is 0 Å². The van der Waals surface area contributed by atoms with Crippen molar-refractivity contribution < 1.29 is 4.79 Å². The van der Waals surface area contributed by atoms with Gasteiger partial charge in [-0.15, -0.1) is 0 Å². The summed E-state index contributed by atoms with van der Waals surface area (Å²) >= 11 is 12.0. The second-order valence-electron chi connectivity index (χ2n) is 4.45. The average molecular weight is 273 g/mol. The summed E-state index contributed by atoms with van der Waals surface area (Å²) in [5.74, 6) is 0.0471. The minimum atomic E-state index is -0.248. The molecule has 17 heavy (non-hydrogen) atoms. The summed E-state index contributed by atoms with van der Waals surface area (Å²) in [5.41, 5.74) is 1.64. The Morgan fingerprint density at radius 2 is 1.88 bits per heavy atom. The third-order valence-corrected chi connectivity index (χ3v) is 3.52. The molecule has 0 saturated carbocycles. The summed E-state index contributed by atoms with van der Waals surface area (Å²) in [4.78, 5) is 13.9. The van der Waals surface area contributed by atoms with Gasteiger partial charge < -0.3 is 10.2 Å². The van der Waals surface area contributed by atoms with Gasteiger partial charge in [0.15, 0.2) is 0 Å². The van der Waals surface area contributed by atoms with Gasteiger partial charge >= 0.3 is 0 Å². The lowest BCUT2D eigenvalue weighted by atomic mass is 10.1. The van der Waals surface area contributed by atoms with E-state index in [1.54, 1.807) is 17.0 Å². The monoisotopic (exact) mass is 272 g/mol. The van der Waals surface area contributed by atoms with Crippen molar-refractivity contribution in [3.63, 3.8) is 0 Å². The van der Waals surface area contributed by atoms with Crippen molar-refractivity contribution >= 4 is 40.5 Å². The smallest absolute Gasteiger partial charge is 0.249 e. The lowest BCUT2D eigenvalue weighted by Gasteiger charge is -2.36. The number of benzene rings is 1. The minimum Gasteiger partial charge on any atom is -0.372 e. The highest BCUT2D eigenvalue weighted by atomic mass is 35.5. The second kappa shape index (κ2) is 4.39. The first kappa shape index (κ1) is 12.5. The molecule has 0 radical (unpaired) electrons. The molecule has 0 fully saturated rings. The fraction of sp³-hybridized carbons (Fsp3) is 0.417. The SMILES string of the molecule is CC1Nc2cc(Cl)c(Cl)cc2N(C(C)C)C1=O.